The topological polar surface area (TPSA) is 44.8 Å². The van der Waals surface area contributed by atoms with Gasteiger partial charge >= 0.3 is 5.97 Å². The highest BCUT2D eigenvalue weighted by Gasteiger charge is 2.27. The normalized spacial score (nSPS) is 22.3. The number of rotatable bonds is 5. The Balaban J connectivity index is 1.74. The van der Waals surface area contributed by atoms with Crippen molar-refractivity contribution in [2.45, 2.75) is 38.4 Å². The van der Waals surface area contributed by atoms with E-state index in [2.05, 4.69) is 0 Å². The second kappa shape index (κ2) is 7.29. The molecule has 0 aromatic heterocycles. The zero-order chi connectivity index (χ0) is 14.4. The number of esters is 1. The number of hydrogen-bond acceptors (Lipinski definition) is 4. The quantitative estimate of drug-likeness (QED) is 0.777. The van der Waals surface area contributed by atoms with Gasteiger partial charge in [-0.25, -0.2) is 0 Å². The van der Waals surface area contributed by atoms with E-state index in [0.29, 0.717) is 6.61 Å². The maximum atomic E-state index is 11.4. The van der Waals surface area contributed by atoms with Gasteiger partial charge in [-0.1, -0.05) is 12.1 Å². The van der Waals surface area contributed by atoms with Crippen LogP contribution in [0.4, 0.5) is 0 Å². The van der Waals surface area contributed by atoms with Crippen molar-refractivity contribution in [3.63, 3.8) is 0 Å². The second-order valence-corrected chi connectivity index (χ2v) is 5.16. The lowest BCUT2D eigenvalue weighted by atomic mass is 9.87. The molecule has 20 heavy (non-hydrogen) atoms. The summed E-state index contributed by atoms with van der Waals surface area (Å²) >= 11 is 0. The van der Waals surface area contributed by atoms with Gasteiger partial charge in [0.15, 0.2) is 0 Å². The molecule has 0 saturated heterocycles. The summed E-state index contributed by atoms with van der Waals surface area (Å²) in [6, 6.07) is 7.90. The van der Waals surface area contributed by atoms with E-state index in [1.165, 1.54) is 7.11 Å². The summed E-state index contributed by atoms with van der Waals surface area (Å²) in [7, 11) is 3.11. The van der Waals surface area contributed by atoms with E-state index in [1.807, 2.05) is 24.3 Å². The molecule has 0 N–H and O–H groups in total. The van der Waals surface area contributed by atoms with Crippen LogP contribution in [-0.2, 0) is 20.9 Å². The van der Waals surface area contributed by atoms with Crippen molar-refractivity contribution in [3.8, 4) is 5.75 Å². The van der Waals surface area contributed by atoms with Crippen molar-refractivity contribution in [2.24, 2.45) is 5.92 Å². The van der Waals surface area contributed by atoms with Crippen molar-refractivity contribution in [1.82, 2.24) is 0 Å². The number of carbonyl (C=O) groups excluding carboxylic acids is 1. The molecule has 1 aromatic carbocycles. The first kappa shape index (κ1) is 14.9. The molecule has 0 unspecified atom stereocenters. The van der Waals surface area contributed by atoms with Crippen LogP contribution in [0.5, 0.6) is 5.75 Å². The summed E-state index contributed by atoms with van der Waals surface area (Å²) in [5.74, 6) is 0.826. The molecule has 1 aromatic rings. The van der Waals surface area contributed by atoms with Crippen molar-refractivity contribution in [2.75, 3.05) is 14.2 Å². The monoisotopic (exact) mass is 278 g/mol. The van der Waals surface area contributed by atoms with Gasteiger partial charge in [-0.3, -0.25) is 4.79 Å². The number of hydrogen-bond donors (Lipinski definition) is 0. The van der Waals surface area contributed by atoms with Crippen molar-refractivity contribution < 1.29 is 19.0 Å². The first-order valence-corrected chi connectivity index (χ1v) is 7.05. The Labute approximate surface area is 120 Å². The average molecular weight is 278 g/mol. The van der Waals surface area contributed by atoms with Gasteiger partial charge in [0.25, 0.3) is 0 Å². The van der Waals surface area contributed by atoms with Gasteiger partial charge in [-0.15, -0.1) is 0 Å². The summed E-state index contributed by atoms with van der Waals surface area (Å²) in [5.41, 5.74) is 1.14. The van der Waals surface area contributed by atoms with E-state index in [4.69, 9.17) is 14.2 Å². The Morgan fingerprint density at radius 1 is 1.10 bits per heavy atom. The van der Waals surface area contributed by atoms with E-state index >= 15 is 0 Å². The minimum atomic E-state index is -0.0846. The lowest BCUT2D eigenvalue weighted by molar-refractivity contribution is -0.147. The SMILES string of the molecule is COC(=O)C1CCC(OCc2ccc(OC)cc2)CC1. The first-order valence-electron chi connectivity index (χ1n) is 7.05. The second-order valence-electron chi connectivity index (χ2n) is 5.16. The van der Waals surface area contributed by atoms with Crippen LogP contribution in [0.25, 0.3) is 0 Å². The van der Waals surface area contributed by atoms with Crippen LogP contribution in [0, 0.1) is 5.92 Å². The molecule has 110 valence electrons. The predicted octanol–water partition coefficient (Wildman–Crippen LogP) is 2.94. The highest BCUT2D eigenvalue weighted by molar-refractivity contribution is 5.72. The molecule has 4 nitrogen and oxygen atoms in total. The maximum absolute atomic E-state index is 11.4. The third-order valence-corrected chi connectivity index (χ3v) is 3.85. The third kappa shape index (κ3) is 3.97. The highest BCUT2D eigenvalue weighted by atomic mass is 16.5. The molecule has 0 spiro atoms. The van der Waals surface area contributed by atoms with E-state index in [9.17, 15) is 4.79 Å². The molecule has 0 atom stereocenters. The van der Waals surface area contributed by atoms with Gasteiger partial charge < -0.3 is 14.2 Å². The fraction of sp³-hybridized carbons (Fsp3) is 0.562. The molecular formula is C16H22O4. The molecule has 1 aliphatic rings. The molecule has 0 aliphatic heterocycles. The Morgan fingerprint density at radius 3 is 2.30 bits per heavy atom. The molecule has 1 aliphatic carbocycles. The summed E-state index contributed by atoms with van der Waals surface area (Å²) < 4.78 is 15.8. The number of ether oxygens (including phenoxy) is 3. The van der Waals surface area contributed by atoms with Crippen LogP contribution in [0.2, 0.25) is 0 Å². The van der Waals surface area contributed by atoms with E-state index < -0.39 is 0 Å². The van der Waals surface area contributed by atoms with Crippen LogP contribution in [0.15, 0.2) is 24.3 Å². The summed E-state index contributed by atoms with van der Waals surface area (Å²) in [6.07, 6.45) is 3.82. The number of benzene rings is 1. The minimum Gasteiger partial charge on any atom is -0.497 e. The van der Waals surface area contributed by atoms with Gasteiger partial charge in [0.2, 0.25) is 0 Å². The van der Waals surface area contributed by atoms with Gasteiger partial charge in [-0.2, -0.15) is 0 Å². The summed E-state index contributed by atoms with van der Waals surface area (Å²) in [5, 5.41) is 0. The molecule has 2 rings (SSSR count). The van der Waals surface area contributed by atoms with Crippen LogP contribution >= 0.6 is 0 Å². The fourth-order valence-electron chi connectivity index (χ4n) is 2.57. The molecule has 0 bridgehead atoms. The van der Waals surface area contributed by atoms with E-state index in [-0.39, 0.29) is 18.0 Å². The first-order chi connectivity index (χ1) is 9.72. The lowest BCUT2D eigenvalue weighted by Crippen LogP contribution is -2.26. The molecule has 0 heterocycles. The summed E-state index contributed by atoms with van der Waals surface area (Å²) in [4.78, 5) is 11.4. The number of carbonyl (C=O) groups is 1. The Bertz CT molecular complexity index is 419. The zero-order valence-electron chi connectivity index (χ0n) is 12.1. The Morgan fingerprint density at radius 2 is 1.75 bits per heavy atom. The lowest BCUT2D eigenvalue weighted by Gasteiger charge is -2.27. The van der Waals surface area contributed by atoms with E-state index in [0.717, 1.165) is 37.0 Å². The van der Waals surface area contributed by atoms with Gasteiger partial charge in [-0.05, 0) is 43.4 Å². The molecule has 4 heteroatoms. The number of methoxy groups -OCH3 is 2. The van der Waals surface area contributed by atoms with Crippen molar-refractivity contribution >= 4 is 5.97 Å². The van der Waals surface area contributed by atoms with Crippen LogP contribution < -0.4 is 4.74 Å². The average Bonchev–Trinajstić information content (AvgIpc) is 2.53. The summed E-state index contributed by atoms with van der Waals surface area (Å²) in [6.45, 7) is 0.609. The van der Waals surface area contributed by atoms with Gasteiger partial charge in [0.05, 0.1) is 32.8 Å². The zero-order valence-corrected chi connectivity index (χ0v) is 12.1. The smallest absolute Gasteiger partial charge is 0.308 e. The van der Waals surface area contributed by atoms with Crippen molar-refractivity contribution in [3.05, 3.63) is 29.8 Å². The molecular weight excluding hydrogens is 256 g/mol. The molecule has 1 saturated carbocycles. The minimum absolute atomic E-state index is 0.0563. The molecule has 1 fully saturated rings. The fourth-order valence-corrected chi connectivity index (χ4v) is 2.57. The van der Waals surface area contributed by atoms with Crippen molar-refractivity contribution in [1.29, 1.82) is 0 Å². The Hall–Kier alpha value is -1.55. The maximum Gasteiger partial charge on any atom is 0.308 e. The van der Waals surface area contributed by atoms with Crippen LogP contribution in [0.1, 0.15) is 31.2 Å². The molecule has 0 amide bonds. The predicted molar refractivity (Wildman–Crippen MR) is 75.5 cm³/mol. The van der Waals surface area contributed by atoms with E-state index in [1.54, 1.807) is 7.11 Å². The standard InChI is InChI=1S/C16H22O4/c1-18-14-7-3-12(4-8-14)11-20-15-9-5-13(6-10-15)16(17)19-2/h3-4,7-8,13,15H,5-6,9-11H2,1-2H3. The Kier molecular flexibility index (Phi) is 5.41. The van der Waals surface area contributed by atoms with Crippen LogP contribution in [0.3, 0.4) is 0 Å². The van der Waals surface area contributed by atoms with Crippen LogP contribution in [-0.4, -0.2) is 26.3 Å². The highest BCUT2D eigenvalue weighted by Crippen LogP contribution is 2.27. The van der Waals surface area contributed by atoms with Gasteiger partial charge in [0.1, 0.15) is 5.75 Å². The largest absolute Gasteiger partial charge is 0.497 e. The van der Waals surface area contributed by atoms with Gasteiger partial charge in [0, 0.05) is 0 Å². The third-order valence-electron chi connectivity index (χ3n) is 3.85. The molecule has 0 radical (unpaired) electrons.